The van der Waals surface area contributed by atoms with E-state index < -0.39 is 10.0 Å². The molecule has 0 unspecified atom stereocenters. The molecule has 0 aliphatic carbocycles. The largest absolute Gasteiger partial charge is 0.497 e. The molecule has 7 heteroatoms. The zero-order valence-corrected chi connectivity index (χ0v) is 13.6. The van der Waals surface area contributed by atoms with Crippen molar-refractivity contribution in [1.29, 1.82) is 0 Å². The van der Waals surface area contributed by atoms with Crippen molar-refractivity contribution in [1.82, 2.24) is 0 Å². The molecule has 0 aliphatic rings. The summed E-state index contributed by atoms with van der Waals surface area (Å²) in [5, 5.41) is 0.166. The summed E-state index contributed by atoms with van der Waals surface area (Å²) in [7, 11) is -2.25. The van der Waals surface area contributed by atoms with Gasteiger partial charge in [-0.05, 0) is 40.2 Å². The highest BCUT2D eigenvalue weighted by atomic mass is 79.9. The Labute approximate surface area is 130 Å². The predicted octanol–water partition coefficient (Wildman–Crippen LogP) is 3.91. The number of sulfonamides is 1. The fourth-order valence-electron chi connectivity index (χ4n) is 1.57. The molecule has 20 heavy (non-hydrogen) atoms. The van der Waals surface area contributed by atoms with E-state index in [1.165, 1.54) is 19.2 Å². The van der Waals surface area contributed by atoms with Gasteiger partial charge < -0.3 is 4.74 Å². The van der Waals surface area contributed by atoms with Crippen molar-refractivity contribution < 1.29 is 13.2 Å². The summed E-state index contributed by atoms with van der Waals surface area (Å²) in [5.74, 6) is 0.546. The van der Waals surface area contributed by atoms with Crippen molar-refractivity contribution >= 4 is 43.2 Å². The van der Waals surface area contributed by atoms with Gasteiger partial charge in [-0.1, -0.05) is 23.7 Å². The Kier molecular flexibility index (Phi) is 4.57. The summed E-state index contributed by atoms with van der Waals surface area (Å²) in [5.41, 5.74) is 0.379. The number of ether oxygens (including phenoxy) is 1. The van der Waals surface area contributed by atoms with Crippen LogP contribution in [0.5, 0.6) is 5.75 Å². The Balaban J connectivity index is 2.41. The van der Waals surface area contributed by atoms with Gasteiger partial charge in [0.15, 0.2) is 0 Å². The van der Waals surface area contributed by atoms with Gasteiger partial charge in [-0.25, -0.2) is 8.42 Å². The van der Waals surface area contributed by atoms with E-state index in [-0.39, 0.29) is 9.92 Å². The molecule has 2 aromatic rings. The average Bonchev–Trinajstić information content (AvgIpc) is 2.41. The fourth-order valence-corrected chi connectivity index (χ4v) is 3.64. The maximum atomic E-state index is 12.3. The van der Waals surface area contributed by atoms with Gasteiger partial charge in [0.1, 0.15) is 10.6 Å². The van der Waals surface area contributed by atoms with Gasteiger partial charge in [-0.2, -0.15) is 0 Å². The lowest BCUT2D eigenvalue weighted by Crippen LogP contribution is -2.13. The van der Waals surface area contributed by atoms with Crippen LogP contribution in [0.2, 0.25) is 5.02 Å². The van der Waals surface area contributed by atoms with Gasteiger partial charge >= 0.3 is 0 Å². The van der Waals surface area contributed by atoms with E-state index in [0.29, 0.717) is 15.9 Å². The molecule has 1 N–H and O–H groups in total. The third kappa shape index (κ3) is 3.26. The highest BCUT2D eigenvalue weighted by Gasteiger charge is 2.18. The molecular formula is C13H11BrClNO3S. The van der Waals surface area contributed by atoms with Crippen LogP contribution in [0, 0.1) is 0 Å². The van der Waals surface area contributed by atoms with Crippen LogP contribution in [0.25, 0.3) is 0 Å². The molecule has 2 rings (SSSR count). The van der Waals surface area contributed by atoms with Gasteiger partial charge in [0.05, 0.1) is 17.8 Å². The number of rotatable bonds is 4. The first-order valence-electron chi connectivity index (χ1n) is 5.55. The monoisotopic (exact) mass is 375 g/mol. The summed E-state index contributed by atoms with van der Waals surface area (Å²) < 4.78 is 32.8. The van der Waals surface area contributed by atoms with Crippen LogP contribution in [-0.4, -0.2) is 15.5 Å². The molecule has 0 aliphatic heterocycles. The smallest absolute Gasteiger partial charge is 0.263 e. The quantitative estimate of drug-likeness (QED) is 0.880. The number of benzene rings is 2. The third-order valence-electron chi connectivity index (χ3n) is 2.54. The minimum absolute atomic E-state index is 0.0244. The molecular weight excluding hydrogens is 366 g/mol. The molecule has 2 aromatic carbocycles. The highest BCUT2D eigenvalue weighted by Crippen LogP contribution is 2.30. The second kappa shape index (κ2) is 6.03. The first-order valence-corrected chi connectivity index (χ1v) is 8.20. The van der Waals surface area contributed by atoms with Crippen LogP contribution in [0.1, 0.15) is 0 Å². The molecule has 0 atom stereocenters. The zero-order valence-electron chi connectivity index (χ0n) is 10.4. The van der Waals surface area contributed by atoms with E-state index >= 15 is 0 Å². The number of anilines is 1. The molecule has 0 saturated heterocycles. The van der Waals surface area contributed by atoms with Crippen LogP contribution in [0.15, 0.2) is 51.8 Å². The Morgan fingerprint density at radius 1 is 1.20 bits per heavy atom. The fraction of sp³-hybridized carbons (Fsp3) is 0.0769. The van der Waals surface area contributed by atoms with E-state index in [1.807, 2.05) is 0 Å². The van der Waals surface area contributed by atoms with E-state index in [0.717, 1.165) is 0 Å². The maximum Gasteiger partial charge on any atom is 0.263 e. The number of nitrogens with one attached hydrogen (secondary N) is 1. The molecule has 4 nitrogen and oxygen atoms in total. The molecule has 0 saturated carbocycles. The molecule has 0 aromatic heterocycles. The summed E-state index contributed by atoms with van der Waals surface area (Å²) in [4.78, 5) is 0.0244. The van der Waals surface area contributed by atoms with E-state index in [4.69, 9.17) is 16.3 Å². The number of methoxy groups -OCH3 is 1. The Bertz CT molecular complexity index is 734. The van der Waals surface area contributed by atoms with Crippen LogP contribution in [0.3, 0.4) is 0 Å². The topological polar surface area (TPSA) is 55.4 Å². The lowest BCUT2D eigenvalue weighted by atomic mass is 10.3. The summed E-state index contributed by atoms with van der Waals surface area (Å²) in [6.45, 7) is 0. The normalized spacial score (nSPS) is 11.2. The molecule has 0 radical (unpaired) electrons. The first kappa shape index (κ1) is 15.2. The Morgan fingerprint density at radius 2 is 1.90 bits per heavy atom. The Morgan fingerprint density at radius 3 is 2.55 bits per heavy atom. The van der Waals surface area contributed by atoms with Gasteiger partial charge in [-0.3, -0.25) is 4.72 Å². The van der Waals surface area contributed by atoms with E-state index in [2.05, 4.69) is 20.7 Å². The first-order chi connectivity index (χ1) is 9.44. The van der Waals surface area contributed by atoms with Crippen molar-refractivity contribution in [2.24, 2.45) is 0 Å². The standard InChI is InChI=1S/C13H11BrClNO3S/c1-19-9-6-7-10(14)12(8-9)16-20(17,18)13-5-3-2-4-11(13)15/h2-8,16H,1H3. The minimum Gasteiger partial charge on any atom is -0.497 e. The number of halogens is 2. The Hall–Kier alpha value is -1.24. The molecule has 106 valence electrons. The highest BCUT2D eigenvalue weighted by molar-refractivity contribution is 9.10. The average molecular weight is 377 g/mol. The van der Waals surface area contributed by atoms with Crippen LogP contribution >= 0.6 is 27.5 Å². The van der Waals surface area contributed by atoms with Crippen LogP contribution in [0.4, 0.5) is 5.69 Å². The van der Waals surface area contributed by atoms with Crippen LogP contribution in [-0.2, 0) is 10.0 Å². The van der Waals surface area contributed by atoms with Crippen LogP contribution < -0.4 is 9.46 Å². The van der Waals surface area contributed by atoms with Gasteiger partial charge in [-0.15, -0.1) is 0 Å². The third-order valence-corrected chi connectivity index (χ3v) is 5.10. The minimum atomic E-state index is -3.76. The molecule has 0 fully saturated rings. The van der Waals surface area contributed by atoms with Gasteiger partial charge in [0, 0.05) is 10.5 Å². The van der Waals surface area contributed by atoms with Crippen molar-refractivity contribution in [3.63, 3.8) is 0 Å². The van der Waals surface area contributed by atoms with Gasteiger partial charge in [0.2, 0.25) is 0 Å². The zero-order chi connectivity index (χ0) is 14.8. The number of hydrogen-bond acceptors (Lipinski definition) is 3. The lowest BCUT2D eigenvalue weighted by molar-refractivity contribution is 0.415. The second-order valence-electron chi connectivity index (χ2n) is 3.88. The summed E-state index contributed by atoms with van der Waals surface area (Å²) in [6, 6.07) is 11.2. The predicted molar refractivity (Wildman–Crippen MR) is 83.0 cm³/mol. The number of hydrogen-bond donors (Lipinski definition) is 1. The maximum absolute atomic E-state index is 12.3. The SMILES string of the molecule is COc1ccc(Br)c(NS(=O)(=O)c2ccccc2Cl)c1. The summed E-state index contributed by atoms with van der Waals surface area (Å²) in [6.07, 6.45) is 0. The molecule has 0 bridgehead atoms. The van der Waals surface area contributed by atoms with Crippen molar-refractivity contribution in [3.8, 4) is 5.75 Å². The van der Waals surface area contributed by atoms with Crippen molar-refractivity contribution in [2.75, 3.05) is 11.8 Å². The molecule has 0 spiro atoms. The van der Waals surface area contributed by atoms with E-state index in [9.17, 15) is 8.42 Å². The molecule has 0 heterocycles. The molecule has 0 amide bonds. The lowest BCUT2D eigenvalue weighted by Gasteiger charge is -2.12. The second-order valence-corrected chi connectivity index (χ2v) is 6.79. The van der Waals surface area contributed by atoms with Crippen molar-refractivity contribution in [2.45, 2.75) is 4.90 Å². The summed E-state index contributed by atoms with van der Waals surface area (Å²) >= 11 is 9.21. The van der Waals surface area contributed by atoms with E-state index in [1.54, 1.807) is 30.3 Å². The van der Waals surface area contributed by atoms with Gasteiger partial charge in [0.25, 0.3) is 10.0 Å². The van der Waals surface area contributed by atoms with Crippen molar-refractivity contribution in [3.05, 3.63) is 52.0 Å².